The monoisotopic (exact) mass is 229 g/mol. The van der Waals surface area contributed by atoms with Crippen LogP contribution in [0, 0.1) is 6.92 Å². The molecule has 0 spiro atoms. The van der Waals surface area contributed by atoms with Gasteiger partial charge in [0.1, 0.15) is 5.82 Å². The van der Waals surface area contributed by atoms with E-state index in [4.69, 9.17) is 17.3 Å². The predicted molar refractivity (Wildman–Crippen MR) is 55.4 cm³/mol. The molecule has 2 aromatic rings. The van der Waals surface area contributed by atoms with Crippen LogP contribution in [0.4, 0.5) is 5.95 Å². The fourth-order valence-corrected chi connectivity index (χ4v) is 2.07. The first kappa shape index (κ1) is 9.42. The second-order valence-electron chi connectivity index (χ2n) is 2.77. The molecule has 2 aromatic heterocycles. The van der Waals surface area contributed by atoms with Gasteiger partial charge in [-0.3, -0.25) is 4.57 Å². The first-order valence-electron chi connectivity index (χ1n) is 3.92. The summed E-state index contributed by atoms with van der Waals surface area (Å²) in [4.78, 5) is 4.98. The molecule has 0 atom stereocenters. The Bertz CT molecular complexity index is 429. The van der Waals surface area contributed by atoms with Crippen molar-refractivity contribution in [1.82, 2.24) is 19.7 Å². The van der Waals surface area contributed by atoms with Gasteiger partial charge < -0.3 is 5.73 Å². The Kier molecular flexibility index (Phi) is 2.39. The van der Waals surface area contributed by atoms with Gasteiger partial charge in [-0.05, 0) is 6.92 Å². The van der Waals surface area contributed by atoms with E-state index in [-0.39, 0.29) is 0 Å². The van der Waals surface area contributed by atoms with Crippen molar-refractivity contribution in [2.24, 2.45) is 0 Å². The molecule has 74 valence electrons. The lowest BCUT2D eigenvalue weighted by Crippen LogP contribution is -2.05. The first-order valence-corrected chi connectivity index (χ1v) is 5.12. The van der Waals surface area contributed by atoms with Crippen LogP contribution in [0.1, 0.15) is 10.7 Å². The minimum absolute atomic E-state index is 0.409. The van der Waals surface area contributed by atoms with Crippen molar-refractivity contribution >= 4 is 28.9 Å². The van der Waals surface area contributed by atoms with Gasteiger partial charge in [-0.1, -0.05) is 11.6 Å². The van der Waals surface area contributed by atoms with Gasteiger partial charge in [-0.25, -0.2) is 4.98 Å². The Hall–Kier alpha value is -1.14. The number of hydrogen-bond acceptors (Lipinski definition) is 5. The van der Waals surface area contributed by atoms with Gasteiger partial charge in [-0.15, -0.1) is 21.5 Å². The van der Waals surface area contributed by atoms with Gasteiger partial charge in [-0.2, -0.15) is 0 Å². The van der Waals surface area contributed by atoms with Gasteiger partial charge in [0.25, 0.3) is 0 Å². The normalized spacial score (nSPS) is 10.7. The highest BCUT2D eigenvalue weighted by Gasteiger charge is 2.07. The molecule has 2 heterocycles. The number of nitrogen functional groups attached to an aromatic ring is 1. The average molecular weight is 230 g/mol. The van der Waals surface area contributed by atoms with Crippen molar-refractivity contribution < 1.29 is 0 Å². The lowest BCUT2D eigenvalue weighted by atomic mass is 10.5. The number of nitrogens with zero attached hydrogens (tertiary/aromatic N) is 4. The van der Waals surface area contributed by atoms with E-state index < -0.39 is 0 Å². The van der Waals surface area contributed by atoms with Crippen molar-refractivity contribution in [1.29, 1.82) is 0 Å². The number of thiazole rings is 1. The Morgan fingerprint density at radius 1 is 1.57 bits per heavy atom. The summed E-state index contributed by atoms with van der Waals surface area (Å²) >= 11 is 7.14. The molecule has 7 heteroatoms. The van der Waals surface area contributed by atoms with Crippen molar-refractivity contribution in [2.45, 2.75) is 13.5 Å². The fraction of sp³-hybridized carbons (Fsp3) is 0.286. The molecule has 0 radical (unpaired) electrons. The molecule has 14 heavy (non-hydrogen) atoms. The number of halogens is 1. The molecule has 0 aromatic carbocycles. The number of aromatic nitrogens is 4. The molecule has 0 aliphatic rings. The lowest BCUT2D eigenvalue weighted by Gasteiger charge is -2.02. The molecule has 0 saturated heterocycles. The van der Waals surface area contributed by atoms with Crippen LogP contribution in [0.25, 0.3) is 0 Å². The molecule has 2 rings (SSSR count). The van der Waals surface area contributed by atoms with Crippen molar-refractivity contribution in [3.63, 3.8) is 0 Å². The van der Waals surface area contributed by atoms with Crippen LogP contribution in [0.2, 0.25) is 4.47 Å². The smallest absolute Gasteiger partial charge is 0.222 e. The van der Waals surface area contributed by atoms with Crippen LogP contribution >= 0.6 is 22.9 Å². The van der Waals surface area contributed by atoms with Gasteiger partial charge in [0.2, 0.25) is 5.95 Å². The maximum absolute atomic E-state index is 5.72. The Morgan fingerprint density at radius 2 is 2.36 bits per heavy atom. The van der Waals surface area contributed by atoms with E-state index in [2.05, 4.69) is 15.2 Å². The third-order valence-corrected chi connectivity index (χ3v) is 2.90. The summed E-state index contributed by atoms with van der Waals surface area (Å²) in [5, 5.41) is 7.62. The van der Waals surface area contributed by atoms with Crippen LogP contribution in [0.5, 0.6) is 0 Å². The second-order valence-corrected chi connectivity index (χ2v) is 4.47. The molecule has 0 aliphatic heterocycles. The molecule has 0 unspecified atom stereocenters. The molecule has 0 saturated carbocycles. The van der Waals surface area contributed by atoms with E-state index in [1.165, 1.54) is 11.3 Å². The molecule has 2 N–H and O–H groups in total. The van der Waals surface area contributed by atoms with E-state index in [0.717, 1.165) is 10.7 Å². The van der Waals surface area contributed by atoms with Gasteiger partial charge in [0.05, 0.1) is 6.54 Å². The first-order chi connectivity index (χ1) is 6.66. The molecule has 0 fully saturated rings. The maximum Gasteiger partial charge on any atom is 0.222 e. The van der Waals surface area contributed by atoms with Crippen LogP contribution in [0.15, 0.2) is 6.20 Å². The van der Waals surface area contributed by atoms with E-state index >= 15 is 0 Å². The largest absolute Gasteiger partial charge is 0.368 e. The standard InChI is InChI=1S/C7H8ClN5S/c1-4-11-12-7(9)13(4)3-5-2-10-6(8)14-5/h2H,3H2,1H3,(H2,9,12). The van der Waals surface area contributed by atoms with Gasteiger partial charge >= 0.3 is 0 Å². The quantitative estimate of drug-likeness (QED) is 0.844. The molecular formula is C7H8ClN5S. The molecule has 5 nitrogen and oxygen atoms in total. The van der Waals surface area contributed by atoms with Gasteiger partial charge in [0, 0.05) is 11.1 Å². The lowest BCUT2D eigenvalue weighted by molar-refractivity contribution is 0.780. The van der Waals surface area contributed by atoms with E-state index in [9.17, 15) is 0 Å². The summed E-state index contributed by atoms with van der Waals surface area (Å²) in [6, 6.07) is 0. The summed E-state index contributed by atoms with van der Waals surface area (Å²) in [6.45, 7) is 2.47. The Labute approximate surface area is 89.5 Å². The predicted octanol–water partition coefficient (Wildman–Crippen LogP) is 1.33. The van der Waals surface area contributed by atoms with Crippen LogP contribution in [-0.4, -0.2) is 19.7 Å². The summed E-state index contributed by atoms with van der Waals surface area (Å²) < 4.78 is 2.34. The van der Waals surface area contributed by atoms with Crippen molar-refractivity contribution in [3.05, 3.63) is 21.4 Å². The fourth-order valence-electron chi connectivity index (χ4n) is 1.11. The summed E-state index contributed by atoms with van der Waals surface area (Å²) in [5.74, 6) is 1.19. The maximum atomic E-state index is 5.72. The molecule has 0 bridgehead atoms. The average Bonchev–Trinajstić information content (AvgIpc) is 2.67. The third kappa shape index (κ3) is 1.71. The Morgan fingerprint density at radius 3 is 2.86 bits per heavy atom. The zero-order chi connectivity index (χ0) is 10.1. The zero-order valence-electron chi connectivity index (χ0n) is 7.44. The highest BCUT2D eigenvalue weighted by Crippen LogP contribution is 2.19. The van der Waals surface area contributed by atoms with Gasteiger partial charge in [0.15, 0.2) is 4.47 Å². The number of aryl methyl sites for hydroxylation is 1. The highest BCUT2D eigenvalue weighted by molar-refractivity contribution is 7.15. The zero-order valence-corrected chi connectivity index (χ0v) is 9.01. The molecule has 0 amide bonds. The Balaban J connectivity index is 2.26. The third-order valence-electron chi connectivity index (χ3n) is 1.80. The minimum Gasteiger partial charge on any atom is -0.368 e. The van der Waals surface area contributed by atoms with E-state index in [1.54, 1.807) is 6.20 Å². The van der Waals surface area contributed by atoms with Crippen LogP contribution < -0.4 is 5.73 Å². The molecular weight excluding hydrogens is 222 g/mol. The minimum atomic E-state index is 0.409. The summed E-state index contributed by atoms with van der Waals surface area (Å²) in [7, 11) is 0. The summed E-state index contributed by atoms with van der Waals surface area (Å²) in [6.07, 6.45) is 1.73. The number of anilines is 1. The van der Waals surface area contributed by atoms with Crippen molar-refractivity contribution in [3.8, 4) is 0 Å². The van der Waals surface area contributed by atoms with Crippen LogP contribution in [-0.2, 0) is 6.54 Å². The number of rotatable bonds is 2. The van der Waals surface area contributed by atoms with Crippen molar-refractivity contribution in [2.75, 3.05) is 5.73 Å². The summed E-state index contributed by atoms with van der Waals surface area (Å²) in [5.41, 5.74) is 5.64. The topological polar surface area (TPSA) is 69.6 Å². The van der Waals surface area contributed by atoms with E-state index in [1.807, 2.05) is 11.5 Å². The van der Waals surface area contributed by atoms with Crippen LogP contribution in [0.3, 0.4) is 0 Å². The highest BCUT2D eigenvalue weighted by atomic mass is 35.5. The second kappa shape index (κ2) is 3.55. The molecule has 0 aliphatic carbocycles. The SMILES string of the molecule is Cc1nnc(N)n1Cc1cnc(Cl)s1. The number of nitrogens with two attached hydrogens (primary N) is 1. The van der Waals surface area contributed by atoms with E-state index in [0.29, 0.717) is 17.0 Å². The number of hydrogen-bond donors (Lipinski definition) is 1.